The van der Waals surface area contributed by atoms with Gasteiger partial charge < -0.3 is 15.0 Å². The van der Waals surface area contributed by atoms with Gasteiger partial charge in [-0.2, -0.15) is 0 Å². The Kier molecular flexibility index (Phi) is 8.43. The maximum atomic E-state index is 13.1. The average molecular weight is 486 g/mol. The van der Waals surface area contributed by atoms with Gasteiger partial charge in [0.25, 0.3) is 5.56 Å². The minimum Gasteiger partial charge on any atom is -0.444 e. The number of carbonyl (C=O) groups is 1. The number of nitrogens with zero attached hydrogens (tertiary/aromatic N) is 3. The molecule has 1 atom stereocenters. The van der Waals surface area contributed by atoms with Crippen LogP contribution in [0.2, 0.25) is 0 Å². The van der Waals surface area contributed by atoms with Crippen LogP contribution < -0.4 is 16.6 Å². The lowest BCUT2D eigenvalue weighted by molar-refractivity contribution is 0.00329. The molecule has 2 heterocycles. The van der Waals surface area contributed by atoms with Crippen LogP contribution in [-0.4, -0.2) is 57.2 Å². The number of aromatic amines is 1. The summed E-state index contributed by atoms with van der Waals surface area (Å²) in [4.78, 5) is 45.2. The van der Waals surface area contributed by atoms with E-state index in [0.29, 0.717) is 38.4 Å². The lowest BCUT2D eigenvalue weighted by atomic mass is 10.1. The third-order valence-corrected chi connectivity index (χ3v) is 6.21. The first-order valence-electron chi connectivity index (χ1n) is 12.5. The molecule has 1 aliphatic rings. The Morgan fingerprint density at radius 2 is 1.80 bits per heavy atom. The molecule has 0 radical (unpaired) electrons. The van der Waals surface area contributed by atoms with Gasteiger partial charge in [-0.25, -0.2) is 14.2 Å². The molecule has 1 unspecified atom stereocenters. The molecule has 0 bridgehead atoms. The van der Waals surface area contributed by atoms with Crippen LogP contribution in [0.4, 0.5) is 16.3 Å². The second kappa shape index (κ2) is 11.1. The molecule has 1 aromatic heterocycles. The van der Waals surface area contributed by atoms with Gasteiger partial charge in [-0.3, -0.25) is 14.7 Å². The van der Waals surface area contributed by atoms with Crippen molar-refractivity contribution >= 4 is 17.6 Å². The summed E-state index contributed by atoms with van der Waals surface area (Å²) < 4.78 is 6.77. The Labute approximate surface area is 207 Å². The molecule has 9 heteroatoms. The van der Waals surface area contributed by atoms with Crippen LogP contribution in [0.15, 0.2) is 33.9 Å². The van der Waals surface area contributed by atoms with E-state index in [1.807, 2.05) is 45.9 Å². The lowest BCUT2D eigenvalue weighted by Crippen LogP contribution is -2.54. The molecular weight excluding hydrogens is 446 g/mol. The zero-order chi connectivity index (χ0) is 25.8. The van der Waals surface area contributed by atoms with E-state index in [9.17, 15) is 14.4 Å². The van der Waals surface area contributed by atoms with E-state index in [-0.39, 0.29) is 17.8 Å². The highest BCUT2D eigenvalue weighted by molar-refractivity contribution is 5.68. The molecule has 0 aliphatic carbocycles. The molecule has 2 N–H and O–H groups in total. The molecule has 2 aromatic rings. The van der Waals surface area contributed by atoms with Gasteiger partial charge in [0.05, 0.1) is 6.17 Å². The number of benzene rings is 1. The van der Waals surface area contributed by atoms with E-state index in [0.717, 1.165) is 18.5 Å². The number of nitrogens with one attached hydrogen (secondary N) is 2. The van der Waals surface area contributed by atoms with Crippen LogP contribution in [0.25, 0.3) is 0 Å². The number of hydrogen-bond donors (Lipinski definition) is 2. The third-order valence-electron chi connectivity index (χ3n) is 6.21. The fraction of sp³-hybridized carbons (Fsp3) is 0.577. The number of anilines is 2. The number of amides is 1. The number of hydrogen-bond acceptors (Lipinski definition) is 6. The van der Waals surface area contributed by atoms with Crippen molar-refractivity contribution in [1.82, 2.24) is 19.4 Å². The SMILES string of the molecule is CCCC(N1CCN(C(=O)OC(C)(C)C)CC1)n1c(=O)cc(Nc2ccc(C)c(CC)c2)[nH]c1=O. The second-order valence-corrected chi connectivity index (χ2v) is 10.1. The third kappa shape index (κ3) is 6.75. The fourth-order valence-corrected chi connectivity index (χ4v) is 4.40. The Morgan fingerprint density at radius 3 is 2.37 bits per heavy atom. The molecule has 0 spiro atoms. The van der Waals surface area contributed by atoms with Crippen molar-refractivity contribution in [2.45, 2.75) is 72.6 Å². The van der Waals surface area contributed by atoms with Crippen LogP contribution in [0.3, 0.4) is 0 Å². The Morgan fingerprint density at radius 1 is 1.11 bits per heavy atom. The quantitative estimate of drug-likeness (QED) is 0.615. The first-order valence-corrected chi connectivity index (χ1v) is 12.5. The normalized spacial score (nSPS) is 15.7. The largest absolute Gasteiger partial charge is 0.444 e. The van der Waals surface area contributed by atoms with Crippen molar-refractivity contribution in [1.29, 1.82) is 0 Å². The summed E-state index contributed by atoms with van der Waals surface area (Å²) in [6.45, 7) is 13.8. The zero-order valence-electron chi connectivity index (χ0n) is 21.8. The van der Waals surface area contributed by atoms with Crippen LogP contribution >= 0.6 is 0 Å². The van der Waals surface area contributed by atoms with E-state index in [1.165, 1.54) is 21.8 Å². The molecule has 1 fully saturated rings. The average Bonchev–Trinajstić information content (AvgIpc) is 2.78. The van der Waals surface area contributed by atoms with Gasteiger partial charge in [-0.1, -0.05) is 26.3 Å². The number of rotatable bonds is 7. The number of piperazine rings is 1. The highest BCUT2D eigenvalue weighted by Gasteiger charge is 2.30. The van der Waals surface area contributed by atoms with E-state index in [2.05, 4.69) is 29.0 Å². The van der Waals surface area contributed by atoms with Gasteiger partial charge in [0.2, 0.25) is 0 Å². The van der Waals surface area contributed by atoms with Gasteiger partial charge in [0.1, 0.15) is 11.4 Å². The van der Waals surface area contributed by atoms with Crippen LogP contribution in [-0.2, 0) is 11.2 Å². The van der Waals surface area contributed by atoms with Crippen LogP contribution in [0, 0.1) is 6.92 Å². The van der Waals surface area contributed by atoms with Crippen molar-refractivity contribution in [2.75, 3.05) is 31.5 Å². The lowest BCUT2D eigenvalue weighted by Gasteiger charge is -2.39. The summed E-state index contributed by atoms with van der Waals surface area (Å²) >= 11 is 0. The van der Waals surface area contributed by atoms with Gasteiger partial charge in [0, 0.05) is 37.9 Å². The highest BCUT2D eigenvalue weighted by Crippen LogP contribution is 2.21. The van der Waals surface area contributed by atoms with Crippen molar-refractivity contribution in [3.8, 4) is 0 Å². The fourth-order valence-electron chi connectivity index (χ4n) is 4.40. The summed E-state index contributed by atoms with van der Waals surface area (Å²) in [5.74, 6) is 0.368. The molecule has 192 valence electrons. The number of H-pyrrole nitrogens is 1. The minimum atomic E-state index is -0.550. The van der Waals surface area contributed by atoms with Gasteiger partial charge in [0.15, 0.2) is 0 Å². The highest BCUT2D eigenvalue weighted by atomic mass is 16.6. The molecule has 9 nitrogen and oxygen atoms in total. The smallest absolute Gasteiger partial charge is 0.410 e. The monoisotopic (exact) mass is 485 g/mol. The number of ether oxygens (including phenoxy) is 1. The molecule has 1 amide bonds. The molecular formula is C26H39N5O4. The van der Waals surface area contributed by atoms with Gasteiger partial charge >= 0.3 is 11.8 Å². The van der Waals surface area contributed by atoms with E-state index < -0.39 is 11.3 Å². The Bertz CT molecular complexity index is 1110. The second-order valence-electron chi connectivity index (χ2n) is 10.1. The predicted octanol–water partition coefficient (Wildman–Crippen LogP) is 4.00. The van der Waals surface area contributed by atoms with E-state index in [1.54, 1.807) is 4.90 Å². The van der Waals surface area contributed by atoms with Crippen molar-refractivity contribution < 1.29 is 9.53 Å². The van der Waals surface area contributed by atoms with Crippen LogP contribution in [0.1, 0.15) is 64.8 Å². The van der Waals surface area contributed by atoms with Crippen LogP contribution in [0.5, 0.6) is 0 Å². The van der Waals surface area contributed by atoms with Gasteiger partial charge in [-0.05, 0) is 63.8 Å². The number of aromatic nitrogens is 2. The minimum absolute atomic E-state index is 0.336. The first kappa shape index (κ1) is 26.5. The molecule has 1 aliphatic heterocycles. The maximum absolute atomic E-state index is 13.1. The maximum Gasteiger partial charge on any atom is 0.410 e. The standard InChI is InChI=1S/C26H39N5O4/c1-7-9-22(29-12-14-30(15-13-29)25(34)35-26(4,5)6)31-23(32)17-21(28-24(31)33)27-20-11-10-18(3)19(8-2)16-20/h10-11,16-17,22,27H,7-9,12-15H2,1-6H3,(H,28,33). The van der Waals surface area contributed by atoms with E-state index >= 15 is 0 Å². The van der Waals surface area contributed by atoms with Crippen molar-refractivity contribution in [3.63, 3.8) is 0 Å². The zero-order valence-corrected chi connectivity index (χ0v) is 21.8. The molecule has 0 saturated carbocycles. The van der Waals surface area contributed by atoms with Crippen molar-refractivity contribution in [3.05, 3.63) is 56.2 Å². The Balaban J connectivity index is 1.77. The summed E-state index contributed by atoms with van der Waals surface area (Å²) in [6, 6.07) is 7.42. The summed E-state index contributed by atoms with van der Waals surface area (Å²) in [5, 5.41) is 3.16. The summed E-state index contributed by atoms with van der Waals surface area (Å²) in [6.07, 6.45) is 1.65. The molecule has 1 aromatic carbocycles. The number of carbonyl (C=O) groups excluding carboxylic acids is 1. The Hall–Kier alpha value is -3.07. The molecule has 1 saturated heterocycles. The number of aryl methyl sites for hydroxylation is 2. The van der Waals surface area contributed by atoms with Crippen molar-refractivity contribution in [2.24, 2.45) is 0 Å². The first-order chi connectivity index (χ1) is 16.5. The summed E-state index contributed by atoms with van der Waals surface area (Å²) in [5.41, 5.74) is 1.88. The van der Waals surface area contributed by atoms with E-state index in [4.69, 9.17) is 4.74 Å². The van der Waals surface area contributed by atoms with Gasteiger partial charge in [-0.15, -0.1) is 0 Å². The molecule has 3 rings (SSSR count). The predicted molar refractivity (Wildman–Crippen MR) is 138 cm³/mol. The topological polar surface area (TPSA) is 99.7 Å². The molecule has 35 heavy (non-hydrogen) atoms. The summed E-state index contributed by atoms with van der Waals surface area (Å²) in [7, 11) is 0.